The quantitative estimate of drug-likeness (QED) is 0.886. The van der Waals surface area contributed by atoms with E-state index in [1.807, 2.05) is 6.07 Å². The van der Waals surface area contributed by atoms with E-state index in [2.05, 4.69) is 15.9 Å². The van der Waals surface area contributed by atoms with Crippen molar-refractivity contribution in [3.05, 3.63) is 28.9 Å². The van der Waals surface area contributed by atoms with Gasteiger partial charge < -0.3 is 9.29 Å². The number of methoxy groups -OCH3 is 1. The van der Waals surface area contributed by atoms with Gasteiger partial charge in [-0.15, -0.1) is 10.3 Å². The number of halogens is 1. The van der Waals surface area contributed by atoms with Gasteiger partial charge in [0.15, 0.2) is 0 Å². The summed E-state index contributed by atoms with van der Waals surface area (Å²) in [5, 5.41) is 0. The van der Waals surface area contributed by atoms with E-state index in [0.717, 1.165) is 4.47 Å². The van der Waals surface area contributed by atoms with Crippen molar-refractivity contribution < 1.29 is 9.29 Å². The van der Waals surface area contributed by atoms with Gasteiger partial charge in [-0.3, -0.25) is 0 Å². The molecule has 0 fully saturated rings. The highest BCUT2D eigenvalue weighted by Gasteiger charge is 2.16. The highest BCUT2D eigenvalue weighted by Crippen LogP contribution is 2.51. The van der Waals surface area contributed by atoms with E-state index in [1.54, 1.807) is 25.5 Å². The fraction of sp³-hybridized carbons (Fsp3) is 0.222. The third kappa shape index (κ3) is 2.62. The number of benzene rings is 1. The first-order valence-corrected chi connectivity index (χ1v) is 6.42. The second-order valence-electron chi connectivity index (χ2n) is 2.73. The van der Waals surface area contributed by atoms with Gasteiger partial charge in [-0.05, 0) is 24.5 Å². The van der Waals surface area contributed by atoms with Crippen LogP contribution < -0.4 is 4.74 Å². The lowest BCUT2D eigenvalue weighted by molar-refractivity contribution is 0.403. The summed E-state index contributed by atoms with van der Waals surface area (Å²) in [5.74, 6) is 0.616. The molecule has 0 saturated carbocycles. The van der Waals surface area contributed by atoms with Gasteiger partial charge in [0.1, 0.15) is 5.75 Å². The second kappa shape index (κ2) is 3.90. The van der Waals surface area contributed by atoms with E-state index >= 15 is 0 Å². The predicted molar refractivity (Wildman–Crippen MR) is 59.4 cm³/mol. The van der Waals surface area contributed by atoms with E-state index in [0.29, 0.717) is 10.6 Å². The molecule has 1 unspecified atom stereocenters. The van der Waals surface area contributed by atoms with Crippen LogP contribution in [0.3, 0.4) is 0 Å². The van der Waals surface area contributed by atoms with Crippen LogP contribution >= 0.6 is 26.2 Å². The van der Waals surface area contributed by atoms with Crippen LogP contribution in [0.5, 0.6) is 5.75 Å². The molecule has 2 radical (unpaired) electrons. The van der Waals surface area contributed by atoms with Crippen molar-refractivity contribution in [1.29, 1.82) is 0 Å². The molecule has 4 heteroatoms. The molecule has 1 N–H and O–H groups in total. The summed E-state index contributed by atoms with van der Waals surface area (Å²) in [7, 11) is -0.670. The van der Waals surface area contributed by atoms with Gasteiger partial charge in [-0.25, -0.2) is 0 Å². The Morgan fingerprint density at radius 3 is 2.62 bits per heavy atom. The van der Waals surface area contributed by atoms with Crippen LogP contribution in [-0.4, -0.2) is 17.9 Å². The molecule has 0 aliphatic carbocycles. The molecule has 1 aromatic rings. The lowest BCUT2D eigenvalue weighted by Gasteiger charge is -2.25. The number of ether oxygens (including phenoxy) is 1. The minimum atomic E-state index is -2.22. The number of rotatable bonds is 2. The Morgan fingerprint density at radius 2 is 2.15 bits per heavy atom. The van der Waals surface area contributed by atoms with Gasteiger partial charge in [0, 0.05) is 10.7 Å². The average Bonchev–Trinajstić information content (AvgIpc) is 2.03. The van der Waals surface area contributed by atoms with Crippen molar-refractivity contribution in [2.75, 3.05) is 13.4 Å². The SMILES string of the molecule is [CH]S(C)(O)c1cc(Br)ccc1OC. The fourth-order valence-corrected chi connectivity index (χ4v) is 2.41. The molecule has 0 aliphatic heterocycles. The van der Waals surface area contributed by atoms with Crippen LogP contribution in [0.25, 0.3) is 0 Å². The Labute approximate surface area is 88.6 Å². The van der Waals surface area contributed by atoms with Crippen molar-refractivity contribution in [1.82, 2.24) is 0 Å². The van der Waals surface area contributed by atoms with Gasteiger partial charge in [0.05, 0.1) is 12.0 Å². The van der Waals surface area contributed by atoms with Crippen molar-refractivity contribution in [2.45, 2.75) is 4.90 Å². The lowest BCUT2D eigenvalue weighted by atomic mass is 10.3. The Bertz CT molecular complexity index is 307. The normalized spacial score (nSPS) is 12.7. The summed E-state index contributed by atoms with van der Waals surface area (Å²) in [4.78, 5) is 0.643. The Hall–Kier alpha value is -0.190. The highest BCUT2D eigenvalue weighted by molar-refractivity contribution is 9.10. The maximum Gasteiger partial charge on any atom is 0.133 e. The number of hydrogen-bond donors (Lipinski definition) is 1. The average molecular weight is 263 g/mol. The molecule has 1 rings (SSSR count). The van der Waals surface area contributed by atoms with Gasteiger partial charge in [-0.1, -0.05) is 15.9 Å². The smallest absolute Gasteiger partial charge is 0.133 e. The predicted octanol–water partition coefficient (Wildman–Crippen LogP) is 3.39. The highest BCUT2D eigenvalue weighted by atomic mass is 79.9. The summed E-state index contributed by atoms with van der Waals surface area (Å²) in [6.45, 7) is 0. The maximum atomic E-state index is 9.69. The van der Waals surface area contributed by atoms with Gasteiger partial charge >= 0.3 is 0 Å². The van der Waals surface area contributed by atoms with Gasteiger partial charge in [0.25, 0.3) is 0 Å². The Morgan fingerprint density at radius 1 is 1.54 bits per heavy atom. The molecule has 0 amide bonds. The van der Waals surface area contributed by atoms with Crippen molar-refractivity contribution in [2.24, 2.45) is 0 Å². The first-order valence-electron chi connectivity index (χ1n) is 3.57. The monoisotopic (exact) mass is 262 g/mol. The molecular weight excluding hydrogens is 252 g/mol. The molecule has 0 saturated heterocycles. The van der Waals surface area contributed by atoms with Crippen molar-refractivity contribution in [3.63, 3.8) is 0 Å². The third-order valence-electron chi connectivity index (χ3n) is 1.57. The van der Waals surface area contributed by atoms with E-state index in [-0.39, 0.29) is 0 Å². The summed E-state index contributed by atoms with van der Waals surface area (Å²) in [5.41, 5.74) is 0. The molecule has 2 nitrogen and oxygen atoms in total. The summed E-state index contributed by atoms with van der Waals surface area (Å²) in [6.07, 6.45) is 7.23. The first-order chi connectivity index (χ1) is 5.95. The van der Waals surface area contributed by atoms with E-state index < -0.39 is 10.3 Å². The van der Waals surface area contributed by atoms with E-state index in [9.17, 15) is 4.55 Å². The summed E-state index contributed by atoms with van der Waals surface area (Å²) in [6, 6.07) is 5.38. The summed E-state index contributed by atoms with van der Waals surface area (Å²) >= 11 is 3.31. The minimum Gasteiger partial charge on any atom is -0.496 e. The molecule has 1 atom stereocenters. The molecule has 0 spiro atoms. The zero-order chi connectivity index (χ0) is 10.1. The maximum absolute atomic E-state index is 9.69. The zero-order valence-electron chi connectivity index (χ0n) is 7.45. The Kier molecular flexibility index (Phi) is 3.27. The van der Waals surface area contributed by atoms with E-state index in [1.165, 1.54) is 0 Å². The molecule has 0 aliphatic rings. The van der Waals surface area contributed by atoms with Gasteiger partial charge in [0.2, 0.25) is 0 Å². The van der Waals surface area contributed by atoms with Crippen molar-refractivity contribution >= 4 is 26.2 Å². The van der Waals surface area contributed by atoms with Crippen LogP contribution in [0.1, 0.15) is 0 Å². The number of hydrogen-bond acceptors (Lipinski definition) is 2. The second-order valence-corrected chi connectivity index (χ2v) is 5.96. The summed E-state index contributed by atoms with van der Waals surface area (Å²) < 4.78 is 15.6. The molecule has 72 valence electrons. The molecule has 0 aromatic heterocycles. The standard InChI is InChI=1S/C9H11BrO2S/c1-12-8-5-4-7(10)6-9(8)13(2,3)11/h2,4-6,11H,1,3H3. The molecule has 0 heterocycles. The fourth-order valence-electron chi connectivity index (χ4n) is 0.973. The van der Waals surface area contributed by atoms with Crippen LogP contribution in [0.2, 0.25) is 0 Å². The zero-order valence-corrected chi connectivity index (χ0v) is 9.85. The van der Waals surface area contributed by atoms with Gasteiger partial charge in [-0.2, -0.15) is 0 Å². The molecular formula is C9H11BrO2S. The Balaban J connectivity index is 3.24. The van der Waals surface area contributed by atoms with Crippen LogP contribution in [0.4, 0.5) is 0 Å². The molecule has 0 bridgehead atoms. The lowest BCUT2D eigenvalue weighted by Crippen LogP contribution is -1.96. The van der Waals surface area contributed by atoms with Crippen LogP contribution in [0, 0.1) is 6.26 Å². The molecule has 1 aromatic carbocycles. The largest absolute Gasteiger partial charge is 0.496 e. The third-order valence-corrected chi connectivity index (χ3v) is 3.27. The minimum absolute atomic E-state index is 0.616. The van der Waals surface area contributed by atoms with E-state index in [4.69, 9.17) is 11.0 Å². The van der Waals surface area contributed by atoms with Crippen molar-refractivity contribution in [3.8, 4) is 5.75 Å². The topological polar surface area (TPSA) is 29.5 Å². The molecule has 13 heavy (non-hydrogen) atoms. The first kappa shape index (κ1) is 10.9. The van der Waals surface area contributed by atoms with Crippen LogP contribution in [0.15, 0.2) is 27.6 Å². The van der Waals surface area contributed by atoms with Crippen LogP contribution in [-0.2, 0) is 0 Å².